The van der Waals surface area contributed by atoms with E-state index in [0.717, 1.165) is 30.9 Å². The van der Waals surface area contributed by atoms with Crippen LogP contribution in [0, 0.1) is 17.2 Å². The van der Waals surface area contributed by atoms with Gasteiger partial charge in [-0.1, -0.05) is 19.9 Å². The topological polar surface area (TPSA) is 30.3 Å². The minimum Gasteiger partial charge on any atom is -0.370 e. The molecule has 3 heteroatoms. The summed E-state index contributed by atoms with van der Waals surface area (Å²) in [4.78, 5) is 4.53. The van der Waals surface area contributed by atoms with Gasteiger partial charge >= 0.3 is 0 Å². The van der Waals surface area contributed by atoms with Gasteiger partial charge in [0.2, 0.25) is 0 Å². The van der Waals surface area contributed by atoms with E-state index in [9.17, 15) is 0 Å². The summed E-state index contributed by atoms with van der Waals surface area (Å²) in [5, 5.41) is 8.97. The predicted octanol–water partition coefficient (Wildman–Crippen LogP) is 2.58. The van der Waals surface area contributed by atoms with Crippen molar-refractivity contribution in [3.8, 4) is 6.07 Å². The van der Waals surface area contributed by atoms with E-state index in [2.05, 4.69) is 49.9 Å². The maximum absolute atomic E-state index is 8.97. The van der Waals surface area contributed by atoms with Crippen LogP contribution in [-0.2, 0) is 0 Å². The highest BCUT2D eigenvalue weighted by atomic mass is 15.2. The molecule has 0 N–H and O–H groups in total. The third kappa shape index (κ3) is 4.77. The fraction of sp³-hybridized carbons (Fsp3) is 0.533. The Labute approximate surface area is 111 Å². The maximum Gasteiger partial charge on any atom is 0.0992 e. The summed E-state index contributed by atoms with van der Waals surface area (Å²) in [6, 6.07) is 10.1. The van der Waals surface area contributed by atoms with E-state index in [0.29, 0.717) is 5.92 Å². The van der Waals surface area contributed by atoms with Crippen LogP contribution in [0.2, 0.25) is 0 Å². The van der Waals surface area contributed by atoms with E-state index >= 15 is 0 Å². The summed E-state index contributed by atoms with van der Waals surface area (Å²) < 4.78 is 0. The van der Waals surface area contributed by atoms with Crippen molar-refractivity contribution in [2.75, 3.05) is 38.6 Å². The Hall–Kier alpha value is -1.53. The highest BCUT2D eigenvalue weighted by Gasteiger charge is 2.09. The normalized spacial score (nSPS) is 10.7. The Bertz CT molecular complexity index is 404. The summed E-state index contributed by atoms with van der Waals surface area (Å²) in [7, 11) is 4.17. The number of nitriles is 1. The van der Waals surface area contributed by atoms with E-state index in [1.165, 1.54) is 0 Å². The predicted molar refractivity (Wildman–Crippen MR) is 76.8 cm³/mol. The highest BCUT2D eigenvalue weighted by molar-refractivity contribution is 5.51. The molecular weight excluding hydrogens is 222 g/mol. The van der Waals surface area contributed by atoms with Crippen molar-refractivity contribution in [2.24, 2.45) is 5.92 Å². The van der Waals surface area contributed by atoms with Gasteiger partial charge in [0.25, 0.3) is 0 Å². The minimum atomic E-state index is 0.609. The van der Waals surface area contributed by atoms with Crippen molar-refractivity contribution in [2.45, 2.75) is 13.8 Å². The number of hydrogen-bond donors (Lipinski definition) is 0. The summed E-state index contributed by atoms with van der Waals surface area (Å²) in [6.07, 6.45) is 0. The molecule has 0 heterocycles. The minimum absolute atomic E-state index is 0.609. The zero-order valence-corrected chi connectivity index (χ0v) is 11.8. The Balaban J connectivity index is 2.83. The average Bonchev–Trinajstić information content (AvgIpc) is 2.34. The molecule has 0 radical (unpaired) electrons. The fourth-order valence-corrected chi connectivity index (χ4v) is 1.86. The summed E-state index contributed by atoms with van der Waals surface area (Å²) in [5.74, 6) is 0.609. The van der Waals surface area contributed by atoms with E-state index in [1.54, 1.807) is 0 Å². The molecule has 1 aromatic rings. The van der Waals surface area contributed by atoms with Crippen LogP contribution in [0.3, 0.4) is 0 Å². The second-order valence-electron chi connectivity index (χ2n) is 5.31. The lowest BCUT2D eigenvalue weighted by Gasteiger charge is -2.28. The van der Waals surface area contributed by atoms with Gasteiger partial charge in [0.05, 0.1) is 11.6 Å². The molecule has 0 amide bonds. The quantitative estimate of drug-likeness (QED) is 0.771. The van der Waals surface area contributed by atoms with Gasteiger partial charge < -0.3 is 9.80 Å². The monoisotopic (exact) mass is 245 g/mol. The van der Waals surface area contributed by atoms with Gasteiger partial charge in [-0.3, -0.25) is 0 Å². The van der Waals surface area contributed by atoms with Gasteiger partial charge in [-0.2, -0.15) is 5.26 Å². The number of hydrogen-bond acceptors (Lipinski definition) is 3. The van der Waals surface area contributed by atoms with Gasteiger partial charge in [0.15, 0.2) is 0 Å². The first-order valence-corrected chi connectivity index (χ1v) is 6.42. The SMILES string of the molecule is CC(C)CN(CCN(C)C)c1cccc(C#N)c1. The summed E-state index contributed by atoms with van der Waals surface area (Å²) >= 11 is 0. The molecule has 0 saturated carbocycles. The lowest BCUT2D eigenvalue weighted by atomic mass is 10.1. The van der Waals surface area contributed by atoms with Crippen LogP contribution in [0.5, 0.6) is 0 Å². The van der Waals surface area contributed by atoms with Crippen molar-refractivity contribution in [1.82, 2.24) is 4.90 Å². The lowest BCUT2D eigenvalue weighted by Crippen LogP contribution is -2.34. The summed E-state index contributed by atoms with van der Waals surface area (Å²) in [6.45, 7) is 7.46. The van der Waals surface area contributed by atoms with Gasteiger partial charge in [-0.15, -0.1) is 0 Å². The molecule has 0 aliphatic heterocycles. The zero-order valence-electron chi connectivity index (χ0n) is 11.8. The Morgan fingerprint density at radius 1 is 1.22 bits per heavy atom. The molecular formula is C15H23N3. The van der Waals surface area contributed by atoms with Crippen LogP contribution in [0.25, 0.3) is 0 Å². The first-order valence-electron chi connectivity index (χ1n) is 6.42. The molecule has 98 valence electrons. The molecule has 0 unspecified atom stereocenters. The average molecular weight is 245 g/mol. The van der Waals surface area contributed by atoms with E-state index in [-0.39, 0.29) is 0 Å². The molecule has 3 nitrogen and oxygen atoms in total. The van der Waals surface area contributed by atoms with Crippen LogP contribution < -0.4 is 4.90 Å². The number of anilines is 1. The number of rotatable bonds is 6. The molecule has 0 saturated heterocycles. The molecule has 1 rings (SSSR count). The molecule has 0 aromatic heterocycles. The Morgan fingerprint density at radius 2 is 1.94 bits per heavy atom. The standard InChI is InChI=1S/C15H23N3/c1-13(2)12-18(9-8-17(3)4)15-7-5-6-14(10-15)11-16/h5-7,10,13H,8-9,12H2,1-4H3. The first kappa shape index (κ1) is 14.5. The van der Waals surface area contributed by atoms with Gasteiger partial charge in [0, 0.05) is 25.3 Å². The van der Waals surface area contributed by atoms with E-state index < -0.39 is 0 Å². The summed E-state index contributed by atoms with van der Waals surface area (Å²) in [5.41, 5.74) is 1.87. The molecule has 0 atom stereocenters. The highest BCUT2D eigenvalue weighted by Crippen LogP contribution is 2.17. The molecule has 0 aliphatic carbocycles. The number of benzene rings is 1. The van der Waals surface area contributed by atoms with Crippen LogP contribution in [0.4, 0.5) is 5.69 Å². The van der Waals surface area contributed by atoms with E-state index in [1.807, 2.05) is 18.2 Å². The maximum atomic E-state index is 8.97. The van der Waals surface area contributed by atoms with Crippen molar-refractivity contribution < 1.29 is 0 Å². The van der Waals surface area contributed by atoms with Crippen LogP contribution in [0.15, 0.2) is 24.3 Å². The molecule has 18 heavy (non-hydrogen) atoms. The Morgan fingerprint density at radius 3 is 2.50 bits per heavy atom. The second-order valence-corrected chi connectivity index (χ2v) is 5.31. The fourth-order valence-electron chi connectivity index (χ4n) is 1.86. The molecule has 0 spiro atoms. The molecule has 0 bridgehead atoms. The van der Waals surface area contributed by atoms with Crippen LogP contribution >= 0.6 is 0 Å². The van der Waals surface area contributed by atoms with Gasteiger partial charge in [-0.05, 0) is 38.2 Å². The van der Waals surface area contributed by atoms with Crippen molar-refractivity contribution in [3.63, 3.8) is 0 Å². The molecule has 1 aromatic carbocycles. The third-order valence-corrected chi connectivity index (χ3v) is 2.74. The van der Waals surface area contributed by atoms with E-state index in [4.69, 9.17) is 5.26 Å². The Kier molecular flexibility index (Phi) is 5.67. The van der Waals surface area contributed by atoms with Crippen LogP contribution in [0.1, 0.15) is 19.4 Å². The molecule has 0 aliphatic rings. The van der Waals surface area contributed by atoms with Gasteiger partial charge in [-0.25, -0.2) is 0 Å². The van der Waals surface area contributed by atoms with Gasteiger partial charge in [0.1, 0.15) is 0 Å². The zero-order chi connectivity index (χ0) is 13.5. The second kappa shape index (κ2) is 7.03. The van der Waals surface area contributed by atoms with Crippen LogP contribution in [-0.4, -0.2) is 38.6 Å². The number of nitrogens with zero attached hydrogens (tertiary/aromatic N) is 3. The number of likely N-dealkylation sites (N-methyl/N-ethyl adjacent to an activating group) is 1. The van der Waals surface area contributed by atoms with Crippen molar-refractivity contribution >= 4 is 5.69 Å². The van der Waals surface area contributed by atoms with Crippen molar-refractivity contribution in [1.29, 1.82) is 5.26 Å². The molecule has 0 fully saturated rings. The van der Waals surface area contributed by atoms with Crippen molar-refractivity contribution in [3.05, 3.63) is 29.8 Å². The largest absolute Gasteiger partial charge is 0.370 e. The first-order chi connectivity index (χ1) is 8.52. The smallest absolute Gasteiger partial charge is 0.0992 e. The third-order valence-electron chi connectivity index (χ3n) is 2.74. The lowest BCUT2D eigenvalue weighted by molar-refractivity contribution is 0.409.